The van der Waals surface area contributed by atoms with Gasteiger partial charge in [0.2, 0.25) is 0 Å². The first kappa shape index (κ1) is 14.3. The van der Waals surface area contributed by atoms with Crippen molar-refractivity contribution in [2.24, 2.45) is 5.73 Å². The number of aromatic nitrogens is 1. The zero-order valence-electron chi connectivity index (χ0n) is 9.55. The highest BCUT2D eigenvalue weighted by Crippen LogP contribution is 2.27. The van der Waals surface area contributed by atoms with Crippen LogP contribution >= 0.6 is 11.6 Å². The summed E-state index contributed by atoms with van der Waals surface area (Å²) in [6, 6.07) is 1.14. The summed E-state index contributed by atoms with van der Waals surface area (Å²) in [4.78, 5) is 3.97. The number of rotatable bonds is 3. The Kier molecular flexibility index (Phi) is 4.38. The minimum atomic E-state index is -4.25. The molecule has 0 spiro atoms. The van der Waals surface area contributed by atoms with Crippen LogP contribution in [-0.2, 0) is 6.42 Å². The Hall–Kier alpha value is -0.810. The molecule has 1 rings (SSSR count). The first-order valence-electron chi connectivity index (χ1n) is 5.17. The number of nitrogens with two attached hydrogens (primary N) is 1. The number of pyridine rings is 1. The fourth-order valence-electron chi connectivity index (χ4n) is 1.40. The second kappa shape index (κ2) is 5.23. The van der Waals surface area contributed by atoms with Gasteiger partial charge in [0.25, 0.3) is 0 Å². The van der Waals surface area contributed by atoms with E-state index >= 15 is 0 Å². The lowest BCUT2D eigenvalue weighted by Crippen LogP contribution is -2.23. The molecule has 2 nitrogen and oxygen atoms in total. The molecule has 2 unspecified atom stereocenters. The fourth-order valence-corrected chi connectivity index (χ4v) is 1.76. The third-order valence-electron chi connectivity index (χ3n) is 2.55. The minimum Gasteiger partial charge on any atom is -0.327 e. The zero-order valence-corrected chi connectivity index (χ0v) is 10.3. The smallest absolute Gasteiger partial charge is 0.327 e. The highest BCUT2D eigenvalue weighted by molar-refractivity contribution is 6.31. The van der Waals surface area contributed by atoms with Gasteiger partial charge in [-0.25, -0.2) is 0 Å². The van der Waals surface area contributed by atoms with Gasteiger partial charge in [0.1, 0.15) is 0 Å². The molecule has 2 N–H and O–H groups in total. The van der Waals surface area contributed by atoms with Crippen LogP contribution in [0, 0.1) is 0 Å². The van der Waals surface area contributed by atoms with E-state index in [1.165, 1.54) is 12.3 Å². The average Bonchev–Trinajstić information content (AvgIpc) is 2.14. The predicted octanol–water partition coefficient (Wildman–Crippen LogP) is 3.29. The van der Waals surface area contributed by atoms with Crippen molar-refractivity contribution < 1.29 is 13.2 Å². The zero-order chi connectivity index (χ0) is 13.2. The van der Waals surface area contributed by atoms with E-state index in [4.69, 9.17) is 17.3 Å². The first-order valence-corrected chi connectivity index (χ1v) is 5.55. The van der Waals surface area contributed by atoms with Crippen LogP contribution in [0.3, 0.4) is 0 Å². The monoisotopic (exact) mass is 266 g/mol. The van der Waals surface area contributed by atoms with Crippen molar-refractivity contribution in [1.82, 2.24) is 4.98 Å². The Balaban J connectivity index is 2.94. The molecule has 0 aliphatic rings. The molecular weight excluding hydrogens is 253 g/mol. The lowest BCUT2D eigenvalue weighted by Gasteiger charge is -2.17. The largest absolute Gasteiger partial charge is 0.393 e. The third-order valence-corrected chi connectivity index (χ3v) is 2.85. The summed E-state index contributed by atoms with van der Waals surface area (Å²) < 4.78 is 36.5. The van der Waals surface area contributed by atoms with Crippen molar-refractivity contribution in [2.75, 3.05) is 0 Å². The number of hydrogen-bond donors (Lipinski definition) is 1. The molecule has 1 aromatic rings. The molecule has 1 aromatic heterocycles. The van der Waals surface area contributed by atoms with E-state index in [1.807, 2.05) is 6.92 Å². The van der Waals surface area contributed by atoms with Gasteiger partial charge in [-0.05, 0) is 18.6 Å². The van der Waals surface area contributed by atoms with E-state index in [9.17, 15) is 13.2 Å². The molecule has 0 aliphatic heterocycles. The van der Waals surface area contributed by atoms with E-state index in [0.29, 0.717) is 5.69 Å². The second-order valence-corrected chi connectivity index (χ2v) is 4.56. The molecule has 2 atom stereocenters. The van der Waals surface area contributed by atoms with Crippen LogP contribution in [0.25, 0.3) is 0 Å². The molecule has 0 radical (unpaired) electrons. The summed E-state index contributed by atoms with van der Waals surface area (Å²) in [7, 11) is 0. The lowest BCUT2D eigenvalue weighted by molar-refractivity contribution is -0.127. The van der Waals surface area contributed by atoms with Gasteiger partial charge in [-0.2, -0.15) is 13.2 Å². The molecule has 0 saturated heterocycles. The lowest BCUT2D eigenvalue weighted by atomic mass is 9.99. The van der Waals surface area contributed by atoms with E-state index in [0.717, 1.165) is 0 Å². The van der Waals surface area contributed by atoms with Gasteiger partial charge in [-0.1, -0.05) is 18.5 Å². The number of nitrogens with zero attached hydrogens (tertiary/aromatic N) is 1. The highest BCUT2D eigenvalue weighted by atomic mass is 35.5. The maximum absolute atomic E-state index is 12.2. The molecule has 0 aromatic carbocycles. The molecule has 1 heterocycles. The molecule has 0 amide bonds. The van der Waals surface area contributed by atoms with Crippen molar-refractivity contribution in [2.45, 2.75) is 38.4 Å². The van der Waals surface area contributed by atoms with E-state index in [2.05, 4.69) is 4.98 Å². The van der Waals surface area contributed by atoms with Gasteiger partial charge in [0.15, 0.2) is 0 Å². The Morgan fingerprint density at radius 2 is 2.00 bits per heavy atom. The molecule has 96 valence electrons. The van der Waals surface area contributed by atoms with Crippen LogP contribution in [0.2, 0.25) is 5.02 Å². The van der Waals surface area contributed by atoms with Crippen molar-refractivity contribution in [3.63, 3.8) is 0 Å². The quantitative estimate of drug-likeness (QED) is 0.912. The van der Waals surface area contributed by atoms with Crippen LogP contribution in [0.1, 0.15) is 31.0 Å². The topological polar surface area (TPSA) is 38.9 Å². The summed E-state index contributed by atoms with van der Waals surface area (Å²) in [6.07, 6.45) is -4.07. The van der Waals surface area contributed by atoms with Gasteiger partial charge in [-0.15, -0.1) is 0 Å². The molecule has 17 heavy (non-hydrogen) atoms. The molecule has 6 heteroatoms. The standard InChI is InChI=1S/C11H14ClF3N2/c1-6(7(2)16)10-9(12)3-8(5-17-10)4-11(13,14)15/h3,5-7H,4,16H2,1-2H3. The number of alkyl halides is 3. The van der Waals surface area contributed by atoms with Crippen molar-refractivity contribution in [3.8, 4) is 0 Å². The van der Waals surface area contributed by atoms with E-state index in [1.54, 1.807) is 6.92 Å². The van der Waals surface area contributed by atoms with Gasteiger partial charge in [-0.3, -0.25) is 4.98 Å². The maximum Gasteiger partial charge on any atom is 0.393 e. The van der Waals surface area contributed by atoms with Gasteiger partial charge < -0.3 is 5.73 Å². The fraction of sp³-hybridized carbons (Fsp3) is 0.545. The van der Waals surface area contributed by atoms with E-state index < -0.39 is 12.6 Å². The van der Waals surface area contributed by atoms with E-state index in [-0.39, 0.29) is 22.5 Å². The van der Waals surface area contributed by atoms with Crippen LogP contribution in [-0.4, -0.2) is 17.2 Å². The number of hydrogen-bond acceptors (Lipinski definition) is 2. The SMILES string of the molecule is CC(N)C(C)c1ncc(CC(F)(F)F)cc1Cl. The van der Waals surface area contributed by atoms with Crippen LogP contribution in [0.4, 0.5) is 13.2 Å². The molecule has 0 aliphatic carbocycles. The van der Waals surface area contributed by atoms with Crippen molar-refractivity contribution in [3.05, 3.63) is 28.5 Å². The summed E-state index contributed by atoms with van der Waals surface area (Å²) >= 11 is 5.91. The minimum absolute atomic E-state index is 0.0584. The molecule has 0 fully saturated rings. The molecule has 0 saturated carbocycles. The van der Waals surface area contributed by atoms with Gasteiger partial charge >= 0.3 is 6.18 Å². The molecule has 0 bridgehead atoms. The summed E-state index contributed by atoms with van der Waals surface area (Å²) in [5.41, 5.74) is 6.29. The van der Waals surface area contributed by atoms with Crippen LogP contribution in [0.15, 0.2) is 12.3 Å². The van der Waals surface area contributed by atoms with Crippen molar-refractivity contribution in [1.29, 1.82) is 0 Å². The Labute approximate surface area is 103 Å². The third kappa shape index (κ3) is 4.16. The van der Waals surface area contributed by atoms with Gasteiger partial charge in [0, 0.05) is 18.2 Å². The summed E-state index contributed by atoms with van der Waals surface area (Å²) in [5.74, 6) is -0.0950. The summed E-state index contributed by atoms with van der Waals surface area (Å²) in [6.45, 7) is 3.63. The van der Waals surface area contributed by atoms with Crippen LogP contribution < -0.4 is 5.73 Å². The first-order chi connectivity index (χ1) is 7.70. The Morgan fingerprint density at radius 3 is 2.41 bits per heavy atom. The van der Waals surface area contributed by atoms with Crippen LogP contribution in [0.5, 0.6) is 0 Å². The average molecular weight is 267 g/mol. The predicted molar refractivity (Wildman–Crippen MR) is 61.1 cm³/mol. The normalized spacial score (nSPS) is 15.7. The Morgan fingerprint density at radius 1 is 1.41 bits per heavy atom. The van der Waals surface area contributed by atoms with Crippen molar-refractivity contribution >= 4 is 11.6 Å². The maximum atomic E-state index is 12.2. The second-order valence-electron chi connectivity index (χ2n) is 4.15. The number of halogens is 4. The highest BCUT2D eigenvalue weighted by Gasteiger charge is 2.28. The van der Waals surface area contributed by atoms with Gasteiger partial charge in [0.05, 0.1) is 17.1 Å². The Bertz CT molecular complexity index is 391. The summed E-state index contributed by atoms with van der Waals surface area (Å²) in [5, 5.41) is 0.233. The molecular formula is C11H14ClF3N2.